The predicted octanol–water partition coefficient (Wildman–Crippen LogP) is 6.88. The molecule has 0 unspecified atom stereocenters. The Bertz CT molecular complexity index is 1290. The van der Waals surface area contributed by atoms with E-state index in [0.717, 1.165) is 44.6 Å². The van der Waals surface area contributed by atoms with Crippen LogP contribution in [-0.2, 0) is 11.2 Å². The van der Waals surface area contributed by atoms with E-state index in [0.29, 0.717) is 46.4 Å². The molecule has 0 fully saturated rings. The number of aryl methyl sites for hydroxylation is 1. The molecule has 2 N–H and O–H groups in total. The minimum absolute atomic E-state index is 0.0233. The fourth-order valence-corrected chi connectivity index (χ4v) is 4.86. The molecule has 0 radical (unpaired) electrons. The van der Waals surface area contributed by atoms with Crippen LogP contribution < -0.4 is 10.1 Å². The molecule has 228 valence electrons. The fourth-order valence-electron chi connectivity index (χ4n) is 4.86. The number of nitrogens with zero attached hydrogens (tertiary/aromatic N) is 1. The third-order valence-corrected chi connectivity index (χ3v) is 7.29. The molecule has 1 aromatic heterocycles. The highest BCUT2D eigenvalue weighted by atomic mass is 16.5. The number of carbonyl (C=O) groups excluding carboxylic acids is 2. The zero-order valence-electron chi connectivity index (χ0n) is 25.4. The molecule has 8 nitrogen and oxygen atoms in total. The predicted molar refractivity (Wildman–Crippen MR) is 166 cm³/mol. The van der Waals surface area contributed by atoms with E-state index in [1.165, 1.54) is 25.7 Å². The Morgan fingerprint density at radius 2 is 1.50 bits per heavy atom. The minimum atomic E-state index is -0.984. The first-order valence-corrected chi connectivity index (χ1v) is 15.4. The molecule has 0 spiro atoms. The first-order chi connectivity index (χ1) is 20.4. The lowest BCUT2D eigenvalue weighted by Crippen LogP contribution is -2.28. The highest BCUT2D eigenvalue weighted by Gasteiger charge is 2.23. The second-order valence-electron chi connectivity index (χ2n) is 10.7. The summed E-state index contributed by atoms with van der Waals surface area (Å²) in [5.41, 5.74) is 1.87. The van der Waals surface area contributed by atoms with Crippen LogP contribution in [0.5, 0.6) is 5.75 Å². The molecule has 0 aliphatic heterocycles. The van der Waals surface area contributed by atoms with Crippen LogP contribution in [0.15, 0.2) is 46.9 Å². The quantitative estimate of drug-likeness (QED) is 0.111. The number of carboxylic acid groups (broad SMARTS) is 1. The lowest BCUT2D eigenvalue weighted by Gasteiger charge is -2.21. The second-order valence-corrected chi connectivity index (χ2v) is 10.7. The molecule has 0 saturated carbocycles. The summed E-state index contributed by atoms with van der Waals surface area (Å²) < 4.78 is 12.1. The van der Waals surface area contributed by atoms with Gasteiger partial charge in [0.1, 0.15) is 17.1 Å². The summed E-state index contributed by atoms with van der Waals surface area (Å²) in [6, 6.07) is 12.2. The van der Waals surface area contributed by atoms with E-state index in [4.69, 9.17) is 14.3 Å². The van der Waals surface area contributed by atoms with Crippen molar-refractivity contribution in [2.75, 3.05) is 32.8 Å². The Balaban J connectivity index is 1.71. The van der Waals surface area contributed by atoms with Crippen molar-refractivity contribution in [2.45, 2.75) is 78.6 Å². The number of hydrogen-bond acceptors (Lipinski definition) is 6. The van der Waals surface area contributed by atoms with Crippen molar-refractivity contribution in [3.8, 4) is 5.75 Å². The Morgan fingerprint density at radius 3 is 2.14 bits per heavy atom. The molecule has 0 aliphatic carbocycles. The van der Waals surface area contributed by atoms with Crippen LogP contribution in [0.2, 0.25) is 0 Å². The molecule has 1 amide bonds. The van der Waals surface area contributed by atoms with Gasteiger partial charge in [-0.1, -0.05) is 40.0 Å². The minimum Gasteiger partial charge on any atom is -0.494 e. The van der Waals surface area contributed by atoms with Crippen molar-refractivity contribution in [3.63, 3.8) is 0 Å². The van der Waals surface area contributed by atoms with Crippen LogP contribution >= 0.6 is 0 Å². The van der Waals surface area contributed by atoms with Crippen molar-refractivity contribution in [1.82, 2.24) is 10.2 Å². The summed E-state index contributed by atoms with van der Waals surface area (Å²) in [5.74, 6) is -0.215. The number of aliphatic carboxylic acids is 1. The summed E-state index contributed by atoms with van der Waals surface area (Å²) in [7, 11) is 0. The standard InChI is InChI=1S/C34H46N2O6/c1-4-7-11-30-32(28-24-26(14-17-29(28)42-30)34(40)35-19-18-31(37)38)33(39)25-12-15-27(16-13-25)41-23-10-22-36(20-8-5-2)21-9-6-3/h12-17,24H,4-11,18-23H2,1-3H3,(H,35,40)(H,37,38). The number of unbranched alkanes of at least 4 members (excludes halogenated alkanes) is 3. The van der Waals surface area contributed by atoms with Gasteiger partial charge in [-0.2, -0.15) is 0 Å². The number of carboxylic acids is 1. The highest BCUT2D eigenvalue weighted by Crippen LogP contribution is 2.31. The molecule has 8 heteroatoms. The second kappa shape index (κ2) is 17.3. The molecule has 3 rings (SSSR count). The maximum absolute atomic E-state index is 13.8. The molecule has 2 aromatic carbocycles. The molecule has 42 heavy (non-hydrogen) atoms. The highest BCUT2D eigenvalue weighted by molar-refractivity contribution is 6.17. The van der Waals surface area contributed by atoms with Gasteiger partial charge in [0, 0.05) is 36.0 Å². The molecule has 0 bridgehead atoms. The third-order valence-electron chi connectivity index (χ3n) is 7.29. The van der Waals surface area contributed by atoms with Gasteiger partial charge in [-0.3, -0.25) is 14.4 Å². The first-order valence-electron chi connectivity index (χ1n) is 15.4. The van der Waals surface area contributed by atoms with Gasteiger partial charge in [-0.05, 0) is 81.2 Å². The molecule has 3 aromatic rings. The van der Waals surface area contributed by atoms with Crippen LogP contribution in [0.4, 0.5) is 0 Å². The van der Waals surface area contributed by atoms with Gasteiger partial charge >= 0.3 is 5.97 Å². The Labute approximate surface area is 249 Å². The van der Waals surface area contributed by atoms with E-state index < -0.39 is 11.9 Å². The van der Waals surface area contributed by atoms with E-state index in [2.05, 4.69) is 31.0 Å². The topological polar surface area (TPSA) is 109 Å². The number of amides is 1. The number of benzene rings is 2. The van der Waals surface area contributed by atoms with Crippen molar-refractivity contribution in [3.05, 3.63) is 64.9 Å². The maximum Gasteiger partial charge on any atom is 0.305 e. The number of carbonyl (C=O) groups is 3. The number of nitrogens with one attached hydrogen (secondary N) is 1. The van der Waals surface area contributed by atoms with Gasteiger partial charge < -0.3 is 24.5 Å². The number of hydrogen-bond donors (Lipinski definition) is 2. The summed E-state index contributed by atoms with van der Waals surface area (Å²) >= 11 is 0. The zero-order valence-corrected chi connectivity index (χ0v) is 25.4. The van der Waals surface area contributed by atoms with Crippen molar-refractivity contribution >= 4 is 28.6 Å². The lowest BCUT2D eigenvalue weighted by molar-refractivity contribution is -0.136. The molecular formula is C34H46N2O6. The number of furan rings is 1. The van der Waals surface area contributed by atoms with E-state index in [1.54, 1.807) is 30.3 Å². The average Bonchev–Trinajstić information content (AvgIpc) is 3.36. The van der Waals surface area contributed by atoms with Gasteiger partial charge in [-0.25, -0.2) is 0 Å². The van der Waals surface area contributed by atoms with Crippen LogP contribution in [0.25, 0.3) is 11.0 Å². The molecule has 1 heterocycles. The summed E-state index contributed by atoms with van der Waals surface area (Å²) in [4.78, 5) is 39.7. The fraction of sp³-hybridized carbons (Fsp3) is 0.500. The SMILES string of the molecule is CCCCc1oc2ccc(C(=O)NCCC(=O)O)cc2c1C(=O)c1ccc(OCCCN(CCCC)CCCC)cc1. The van der Waals surface area contributed by atoms with Gasteiger partial charge in [-0.15, -0.1) is 0 Å². The van der Waals surface area contributed by atoms with Gasteiger partial charge in [0.25, 0.3) is 5.91 Å². The molecule has 0 saturated heterocycles. The number of fused-ring (bicyclic) bond motifs is 1. The van der Waals surface area contributed by atoms with E-state index in [-0.39, 0.29) is 18.7 Å². The number of ketones is 1. The van der Waals surface area contributed by atoms with E-state index in [1.807, 2.05) is 12.1 Å². The third kappa shape index (κ3) is 9.72. The summed E-state index contributed by atoms with van der Waals surface area (Å²) in [5, 5.41) is 12.0. The van der Waals surface area contributed by atoms with E-state index in [9.17, 15) is 14.4 Å². The Hall–Kier alpha value is -3.65. The first kappa shape index (κ1) is 32.9. The van der Waals surface area contributed by atoms with Gasteiger partial charge in [0.05, 0.1) is 18.6 Å². The Morgan fingerprint density at radius 1 is 0.857 bits per heavy atom. The lowest BCUT2D eigenvalue weighted by atomic mass is 9.97. The van der Waals surface area contributed by atoms with Gasteiger partial charge in [0.2, 0.25) is 0 Å². The number of ether oxygens (including phenoxy) is 1. The van der Waals surface area contributed by atoms with Crippen LogP contribution in [0.3, 0.4) is 0 Å². The van der Waals surface area contributed by atoms with Gasteiger partial charge in [0.15, 0.2) is 5.78 Å². The smallest absolute Gasteiger partial charge is 0.305 e. The van der Waals surface area contributed by atoms with E-state index >= 15 is 0 Å². The average molecular weight is 579 g/mol. The molecule has 0 aliphatic rings. The number of rotatable bonds is 20. The van der Waals surface area contributed by atoms with Crippen LogP contribution in [-0.4, -0.2) is 60.5 Å². The van der Waals surface area contributed by atoms with Crippen molar-refractivity contribution < 1.29 is 28.6 Å². The summed E-state index contributed by atoms with van der Waals surface area (Å²) in [6.45, 7) is 10.4. The van der Waals surface area contributed by atoms with Crippen molar-refractivity contribution in [2.24, 2.45) is 0 Å². The molecular weight excluding hydrogens is 532 g/mol. The maximum atomic E-state index is 13.8. The largest absolute Gasteiger partial charge is 0.494 e. The van der Waals surface area contributed by atoms with Crippen molar-refractivity contribution in [1.29, 1.82) is 0 Å². The monoisotopic (exact) mass is 578 g/mol. The van der Waals surface area contributed by atoms with Crippen LogP contribution in [0.1, 0.15) is 104 Å². The summed E-state index contributed by atoms with van der Waals surface area (Å²) in [6.07, 6.45) is 8.03. The zero-order chi connectivity index (χ0) is 30.3. The normalized spacial score (nSPS) is 11.2. The Kier molecular flexibility index (Phi) is 13.6. The van der Waals surface area contributed by atoms with Crippen LogP contribution in [0, 0.1) is 0 Å². The molecule has 0 atom stereocenters.